The maximum absolute atomic E-state index is 13.3. The average molecular weight is 427 g/mol. The molecule has 8 nitrogen and oxygen atoms in total. The second-order valence-electron chi connectivity index (χ2n) is 7.64. The van der Waals surface area contributed by atoms with Crippen molar-refractivity contribution in [1.82, 2.24) is 5.32 Å². The maximum Gasteiger partial charge on any atom is 0.340 e. The first kappa shape index (κ1) is 18.2. The Morgan fingerprint density at radius 3 is 2.06 bits per heavy atom. The van der Waals surface area contributed by atoms with Gasteiger partial charge in [-0.25, -0.2) is 4.79 Å². The zero-order valence-electron chi connectivity index (χ0n) is 16.2. The molecule has 2 amide bonds. The van der Waals surface area contributed by atoms with Crippen LogP contribution in [-0.2, 0) is 19.9 Å². The Bertz CT molecular complexity index is 1380. The molecule has 6 rings (SSSR count). The molecule has 32 heavy (non-hydrogen) atoms. The Morgan fingerprint density at radius 2 is 1.47 bits per heavy atom. The third kappa shape index (κ3) is 2.23. The number of phenols is 2. The quantitative estimate of drug-likeness (QED) is 0.403. The number of amides is 2. The molecule has 3 heterocycles. The van der Waals surface area contributed by atoms with Crippen LogP contribution in [0.5, 0.6) is 23.0 Å². The molecular formula is C24H13NO7. The summed E-state index contributed by atoms with van der Waals surface area (Å²) in [7, 11) is 0. The summed E-state index contributed by atoms with van der Waals surface area (Å²) in [6.07, 6.45) is 1.15. The first-order valence-corrected chi connectivity index (χ1v) is 9.67. The third-order valence-electron chi connectivity index (χ3n) is 5.85. The molecule has 156 valence electrons. The van der Waals surface area contributed by atoms with Crippen LogP contribution in [0.15, 0.2) is 60.7 Å². The van der Waals surface area contributed by atoms with Gasteiger partial charge in [-0.05, 0) is 24.3 Å². The number of fused-ring (bicyclic) bond motifs is 6. The molecule has 8 heteroatoms. The van der Waals surface area contributed by atoms with E-state index < -0.39 is 23.4 Å². The van der Waals surface area contributed by atoms with E-state index in [-0.39, 0.29) is 39.7 Å². The van der Waals surface area contributed by atoms with Crippen LogP contribution in [-0.4, -0.2) is 28.0 Å². The van der Waals surface area contributed by atoms with E-state index in [0.717, 1.165) is 6.08 Å². The fraction of sp³-hybridized carbons (Fsp3) is 0.0417. The highest BCUT2D eigenvalue weighted by Crippen LogP contribution is 2.57. The molecule has 0 atom stereocenters. The molecule has 3 N–H and O–H groups in total. The first-order valence-electron chi connectivity index (χ1n) is 9.67. The zero-order valence-corrected chi connectivity index (χ0v) is 16.2. The number of nitrogens with one attached hydrogen (secondary N) is 1. The summed E-state index contributed by atoms with van der Waals surface area (Å²) in [5.74, 6) is -1.43. The maximum atomic E-state index is 13.3. The van der Waals surface area contributed by atoms with Crippen LogP contribution < -0.4 is 10.1 Å². The van der Waals surface area contributed by atoms with E-state index >= 15 is 0 Å². The van der Waals surface area contributed by atoms with Gasteiger partial charge in [0.15, 0.2) is 5.60 Å². The number of phenolic OH excluding ortho intramolecular Hbond substituents is 2. The Morgan fingerprint density at radius 1 is 0.812 bits per heavy atom. The molecule has 0 saturated carbocycles. The Labute approximate surface area is 180 Å². The van der Waals surface area contributed by atoms with Crippen molar-refractivity contribution in [2.75, 3.05) is 0 Å². The van der Waals surface area contributed by atoms with Crippen molar-refractivity contribution in [1.29, 1.82) is 0 Å². The standard InChI is InChI=1S/C24H13NO7/c26-11-4-6-15-18(8-11)31-19-9-12(27)5-7-16(19)24(15)17-3-1-2-13(21(17)23(30)32-24)14-10-20(28)25-22(14)29/h1-10,26-27H,(H,25,28,29). The zero-order chi connectivity index (χ0) is 22.2. The van der Waals surface area contributed by atoms with Crippen LogP contribution in [0.4, 0.5) is 0 Å². The largest absolute Gasteiger partial charge is 0.508 e. The van der Waals surface area contributed by atoms with Gasteiger partial charge in [-0.15, -0.1) is 0 Å². The fourth-order valence-electron chi connectivity index (χ4n) is 4.58. The molecule has 0 unspecified atom stereocenters. The summed E-state index contributed by atoms with van der Waals surface area (Å²) in [6.45, 7) is 0. The first-order chi connectivity index (χ1) is 15.4. The lowest BCUT2D eigenvalue weighted by atomic mass is 9.76. The van der Waals surface area contributed by atoms with Gasteiger partial charge in [0.05, 0.1) is 11.1 Å². The topological polar surface area (TPSA) is 122 Å². The number of carbonyl (C=O) groups is 3. The number of rotatable bonds is 1. The highest BCUT2D eigenvalue weighted by Gasteiger charge is 2.54. The van der Waals surface area contributed by atoms with Gasteiger partial charge in [-0.1, -0.05) is 18.2 Å². The number of hydrogen-bond acceptors (Lipinski definition) is 7. The second kappa shape index (κ2) is 5.98. The van der Waals surface area contributed by atoms with Crippen LogP contribution in [0.1, 0.15) is 32.6 Å². The van der Waals surface area contributed by atoms with E-state index in [9.17, 15) is 24.6 Å². The molecule has 0 radical (unpaired) electrons. The number of carbonyl (C=O) groups excluding carboxylic acids is 3. The number of ether oxygens (including phenoxy) is 2. The van der Waals surface area contributed by atoms with Gasteiger partial charge < -0.3 is 19.7 Å². The van der Waals surface area contributed by atoms with Gasteiger partial charge in [0.2, 0.25) is 0 Å². The summed E-state index contributed by atoms with van der Waals surface area (Å²) < 4.78 is 11.9. The number of esters is 1. The molecule has 0 saturated heterocycles. The minimum Gasteiger partial charge on any atom is -0.508 e. The van der Waals surface area contributed by atoms with Crippen LogP contribution in [0, 0.1) is 0 Å². The minimum absolute atomic E-state index is 0.0490. The van der Waals surface area contributed by atoms with Gasteiger partial charge in [-0.3, -0.25) is 14.9 Å². The number of benzene rings is 3. The predicted molar refractivity (Wildman–Crippen MR) is 109 cm³/mol. The van der Waals surface area contributed by atoms with Gasteiger partial charge in [-0.2, -0.15) is 0 Å². The summed E-state index contributed by atoms with van der Waals surface area (Å²) in [6, 6.07) is 13.9. The van der Waals surface area contributed by atoms with E-state index in [2.05, 4.69) is 5.32 Å². The van der Waals surface area contributed by atoms with Crippen molar-refractivity contribution in [2.45, 2.75) is 5.60 Å². The Hall–Kier alpha value is -4.59. The van der Waals surface area contributed by atoms with E-state index in [1.54, 1.807) is 30.3 Å². The summed E-state index contributed by atoms with van der Waals surface area (Å²) in [5.41, 5.74) is 0.465. The highest BCUT2D eigenvalue weighted by atomic mass is 16.6. The molecular weight excluding hydrogens is 414 g/mol. The smallest absolute Gasteiger partial charge is 0.340 e. The molecule has 0 fully saturated rings. The van der Waals surface area contributed by atoms with Crippen LogP contribution in [0.25, 0.3) is 5.57 Å². The number of imide groups is 1. The van der Waals surface area contributed by atoms with E-state index in [0.29, 0.717) is 16.7 Å². The molecule has 0 aliphatic carbocycles. The number of aromatic hydroxyl groups is 2. The van der Waals surface area contributed by atoms with Gasteiger partial charge in [0.1, 0.15) is 23.0 Å². The number of hydrogen-bond donors (Lipinski definition) is 3. The van der Waals surface area contributed by atoms with Crippen molar-refractivity contribution in [3.8, 4) is 23.0 Å². The molecule has 3 aliphatic heterocycles. The monoisotopic (exact) mass is 427 g/mol. The fourth-order valence-corrected chi connectivity index (χ4v) is 4.58. The summed E-state index contributed by atoms with van der Waals surface area (Å²) in [5, 5.41) is 22.2. The molecule has 0 aromatic heterocycles. The van der Waals surface area contributed by atoms with Gasteiger partial charge >= 0.3 is 5.97 Å². The summed E-state index contributed by atoms with van der Waals surface area (Å²) >= 11 is 0. The van der Waals surface area contributed by atoms with Gasteiger partial charge in [0, 0.05) is 40.5 Å². The highest BCUT2D eigenvalue weighted by molar-refractivity contribution is 6.34. The van der Waals surface area contributed by atoms with E-state index in [1.807, 2.05) is 0 Å². The second-order valence-corrected chi connectivity index (χ2v) is 7.64. The third-order valence-corrected chi connectivity index (χ3v) is 5.85. The lowest BCUT2D eigenvalue weighted by Crippen LogP contribution is -2.32. The van der Waals surface area contributed by atoms with Crippen molar-refractivity contribution >= 4 is 23.4 Å². The minimum atomic E-state index is -1.44. The van der Waals surface area contributed by atoms with Crippen molar-refractivity contribution < 1.29 is 34.1 Å². The van der Waals surface area contributed by atoms with Crippen molar-refractivity contribution in [3.63, 3.8) is 0 Å². The lowest BCUT2D eigenvalue weighted by molar-refractivity contribution is -0.123. The Kier molecular flexibility index (Phi) is 3.40. The molecule has 3 aliphatic rings. The molecule has 3 aromatic rings. The lowest BCUT2D eigenvalue weighted by Gasteiger charge is -2.36. The SMILES string of the molecule is O=C1C=C(c2cccc3c2C(=O)OC32c3ccc(O)cc3Oc3cc(O)ccc32)C(=O)N1. The van der Waals surface area contributed by atoms with Gasteiger partial charge in [0.25, 0.3) is 11.8 Å². The van der Waals surface area contributed by atoms with Crippen LogP contribution in [0.2, 0.25) is 0 Å². The van der Waals surface area contributed by atoms with Crippen LogP contribution in [0.3, 0.4) is 0 Å². The molecule has 0 bridgehead atoms. The van der Waals surface area contributed by atoms with Crippen molar-refractivity contribution in [3.05, 3.63) is 88.5 Å². The normalized spacial score (nSPS) is 17.1. The molecule has 1 spiro atoms. The van der Waals surface area contributed by atoms with E-state index in [1.165, 1.54) is 24.3 Å². The Balaban J connectivity index is 1.69. The molecule has 3 aromatic carbocycles. The summed E-state index contributed by atoms with van der Waals surface area (Å²) in [4.78, 5) is 37.3. The van der Waals surface area contributed by atoms with E-state index in [4.69, 9.17) is 9.47 Å². The van der Waals surface area contributed by atoms with Crippen LogP contribution >= 0.6 is 0 Å². The average Bonchev–Trinajstić information content (AvgIpc) is 3.24. The van der Waals surface area contributed by atoms with Crippen molar-refractivity contribution in [2.24, 2.45) is 0 Å². The predicted octanol–water partition coefficient (Wildman–Crippen LogP) is 2.71.